The molecule has 4 heterocycles. The highest BCUT2D eigenvalue weighted by Crippen LogP contribution is 2.52. The molecular formula is C22H22N4O4S2. The molecule has 8 nitrogen and oxygen atoms in total. The fraction of sp³-hybridized carbons (Fsp3) is 0.364. The molecule has 2 aromatic heterocycles. The second-order valence-electron chi connectivity index (χ2n) is 8.39. The topological polar surface area (TPSA) is 102 Å². The molecule has 1 fully saturated rings. The van der Waals surface area contributed by atoms with Gasteiger partial charge in [-0.2, -0.15) is 0 Å². The van der Waals surface area contributed by atoms with Crippen LogP contribution >= 0.6 is 23.1 Å². The summed E-state index contributed by atoms with van der Waals surface area (Å²) in [6, 6.07) is 5.75. The van der Waals surface area contributed by atoms with E-state index in [4.69, 9.17) is 0 Å². The van der Waals surface area contributed by atoms with Crippen LogP contribution in [0.5, 0.6) is 0 Å². The number of aromatic nitrogens is 3. The zero-order chi connectivity index (χ0) is 22.7. The number of imidazole rings is 1. The van der Waals surface area contributed by atoms with E-state index < -0.39 is 18.0 Å². The van der Waals surface area contributed by atoms with Gasteiger partial charge < -0.3 is 19.9 Å². The number of hydrogen-bond acceptors (Lipinski definition) is 7. The van der Waals surface area contributed by atoms with Gasteiger partial charge in [-0.3, -0.25) is 4.79 Å². The lowest BCUT2D eigenvalue weighted by molar-refractivity contribution is -0.671. The number of carbonyl (C=O) groups is 2. The van der Waals surface area contributed by atoms with E-state index in [0.29, 0.717) is 9.24 Å². The van der Waals surface area contributed by atoms with Gasteiger partial charge in [0.05, 0.1) is 47.0 Å². The minimum absolute atomic E-state index is 0.0881. The number of thiazole rings is 1. The smallest absolute Gasteiger partial charge is 0.243 e. The van der Waals surface area contributed by atoms with Gasteiger partial charge in [-0.25, -0.2) is 14.1 Å². The third-order valence-electron chi connectivity index (χ3n) is 6.12. The Morgan fingerprint density at radius 1 is 1.44 bits per heavy atom. The fourth-order valence-electron chi connectivity index (χ4n) is 4.64. The number of aliphatic hydroxyl groups is 1. The van der Waals surface area contributed by atoms with Gasteiger partial charge in [0.2, 0.25) is 12.2 Å². The number of thioether (sulfide) groups is 1. The van der Waals surface area contributed by atoms with Crippen molar-refractivity contribution in [3.8, 4) is 0 Å². The first-order valence-electron chi connectivity index (χ1n) is 10.3. The van der Waals surface area contributed by atoms with Gasteiger partial charge in [-0.05, 0) is 24.6 Å². The highest BCUT2D eigenvalue weighted by molar-refractivity contribution is 8.04. The van der Waals surface area contributed by atoms with Crippen LogP contribution in [0.3, 0.4) is 0 Å². The number of hydrogen-bond donors (Lipinski definition) is 1. The Kier molecular flexibility index (Phi) is 5.11. The van der Waals surface area contributed by atoms with Crippen molar-refractivity contribution >= 4 is 45.2 Å². The molecule has 32 heavy (non-hydrogen) atoms. The lowest BCUT2D eigenvalue weighted by Gasteiger charge is -2.47. The van der Waals surface area contributed by atoms with Crippen molar-refractivity contribution in [2.75, 3.05) is 0 Å². The maximum atomic E-state index is 12.5. The molecule has 1 saturated heterocycles. The lowest BCUT2D eigenvalue weighted by Crippen LogP contribution is -2.64. The lowest BCUT2D eigenvalue weighted by atomic mass is 9.79. The molecule has 10 heteroatoms. The van der Waals surface area contributed by atoms with Crippen molar-refractivity contribution in [2.24, 2.45) is 18.9 Å². The molecule has 0 saturated carbocycles. The molecule has 4 atom stereocenters. The first-order chi connectivity index (χ1) is 15.2. The SMILES string of the molecule is C[C@@H](O)[C@H]1C(=O)N2C(C(=O)[O-])=C(Sc3nc4ccc(Cn5cc[n+](C)c5)cc4s3)[C@H](C)[C@H]12. The summed E-state index contributed by atoms with van der Waals surface area (Å²) in [6.07, 6.45) is 5.18. The van der Waals surface area contributed by atoms with E-state index in [1.54, 1.807) is 6.92 Å². The number of aliphatic carboxylic acids is 1. The van der Waals surface area contributed by atoms with E-state index in [-0.39, 0.29) is 23.6 Å². The van der Waals surface area contributed by atoms with Gasteiger partial charge in [-0.15, -0.1) is 11.3 Å². The van der Waals surface area contributed by atoms with Crippen LogP contribution in [0, 0.1) is 11.8 Å². The number of amides is 1. The van der Waals surface area contributed by atoms with Crippen molar-refractivity contribution in [3.05, 3.63) is 53.1 Å². The molecule has 0 spiro atoms. The Labute approximate surface area is 192 Å². The van der Waals surface area contributed by atoms with E-state index in [1.165, 1.54) is 28.0 Å². The number of nitrogens with zero attached hydrogens (tertiary/aromatic N) is 4. The molecule has 0 aliphatic carbocycles. The van der Waals surface area contributed by atoms with Crippen LogP contribution in [0.25, 0.3) is 10.2 Å². The third-order valence-corrected chi connectivity index (χ3v) is 8.49. The van der Waals surface area contributed by atoms with Crippen molar-refractivity contribution in [1.29, 1.82) is 0 Å². The summed E-state index contributed by atoms with van der Waals surface area (Å²) < 4.78 is 5.81. The zero-order valence-corrected chi connectivity index (χ0v) is 19.4. The number of rotatable bonds is 6. The highest BCUT2D eigenvalue weighted by atomic mass is 32.2. The molecule has 2 aliphatic heterocycles. The second-order valence-corrected chi connectivity index (χ2v) is 10.7. The Morgan fingerprint density at radius 2 is 2.22 bits per heavy atom. The quantitative estimate of drug-likeness (QED) is 0.424. The molecular weight excluding hydrogens is 448 g/mol. The van der Waals surface area contributed by atoms with Gasteiger partial charge in [-0.1, -0.05) is 24.8 Å². The third kappa shape index (κ3) is 3.33. The zero-order valence-electron chi connectivity index (χ0n) is 17.8. The number of carboxylic acid groups (broad SMARTS) is 1. The molecule has 0 bridgehead atoms. The molecule has 0 unspecified atom stereocenters. The van der Waals surface area contributed by atoms with Crippen LogP contribution in [0.15, 0.2) is 51.9 Å². The first-order valence-corrected chi connectivity index (χ1v) is 11.9. The van der Waals surface area contributed by atoms with E-state index in [0.717, 1.165) is 22.3 Å². The van der Waals surface area contributed by atoms with Crippen molar-refractivity contribution in [3.63, 3.8) is 0 Å². The van der Waals surface area contributed by atoms with Crippen LogP contribution in [0.4, 0.5) is 0 Å². The molecule has 5 rings (SSSR count). The highest BCUT2D eigenvalue weighted by Gasteiger charge is 2.58. The number of fused-ring (bicyclic) bond motifs is 2. The van der Waals surface area contributed by atoms with E-state index in [2.05, 4.69) is 15.6 Å². The number of aryl methyl sites for hydroxylation is 1. The molecule has 1 amide bonds. The molecule has 1 N–H and O–H groups in total. The van der Waals surface area contributed by atoms with Gasteiger partial charge in [0.25, 0.3) is 0 Å². The maximum Gasteiger partial charge on any atom is 0.243 e. The number of carboxylic acids is 1. The maximum absolute atomic E-state index is 12.5. The predicted octanol–water partition coefficient (Wildman–Crippen LogP) is 0.882. The molecule has 0 radical (unpaired) electrons. The summed E-state index contributed by atoms with van der Waals surface area (Å²) in [4.78, 5) is 30.9. The van der Waals surface area contributed by atoms with Gasteiger partial charge in [0, 0.05) is 10.8 Å². The van der Waals surface area contributed by atoms with Crippen molar-refractivity contribution < 1.29 is 24.4 Å². The largest absolute Gasteiger partial charge is 0.543 e. The second kappa shape index (κ2) is 7.72. The normalized spacial score (nSPS) is 23.6. The summed E-state index contributed by atoms with van der Waals surface area (Å²) in [5.41, 5.74) is 1.91. The molecule has 1 aromatic carbocycles. The summed E-state index contributed by atoms with van der Waals surface area (Å²) >= 11 is 2.78. The number of carbonyl (C=O) groups excluding carboxylic acids is 2. The van der Waals surface area contributed by atoms with Crippen LogP contribution in [-0.4, -0.2) is 43.6 Å². The fourth-order valence-corrected chi connectivity index (χ4v) is 7.04. The molecule has 166 valence electrons. The van der Waals surface area contributed by atoms with Crippen molar-refractivity contribution in [1.82, 2.24) is 14.5 Å². The summed E-state index contributed by atoms with van der Waals surface area (Å²) in [5.74, 6) is -2.55. The van der Waals surface area contributed by atoms with Crippen LogP contribution in [0.2, 0.25) is 0 Å². The van der Waals surface area contributed by atoms with E-state index >= 15 is 0 Å². The van der Waals surface area contributed by atoms with Crippen molar-refractivity contribution in [2.45, 2.75) is 36.9 Å². The van der Waals surface area contributed by atoms with Gasteiger partial charge >= 0.3 is 0 Å². The average molecular weight is 471 g/mol. The number of benzene rings is 1. The van der Waals surface area contributed by atoms with Crippen LogP contribution < -0.4 is 9.67 Å². The average Bonchev–Trinajstić information content (AvgIpc) is 3.37. The predicted molar refractivity (Wildman–Crippen MR) is 117 cm³/mol. The number of β-lactam (4-membered cyclic amide) rings is 1. The minimum atomic E-state index is -1.37. The Bertz CT molecular complexity index is 1280. The Morgan fingerprint density at radius 3 is 2.88 bits per heavy atom. The van der Waals surface area contributed by atoms with Gasteiger partial charge in [0.15, 0.2) is 4.34 Å². The van der Waals surface area contributed by atoms with Gasteiger partial charge in [0.1, 0.15) is 18.9 Å². The van der Waals surface area contributed by atoms with E-state index in [1.807, 2.05) is 49.4 Å². The standard InChI is InChI=1S/C22H22N4O4S2/c1-11-17-16(12(2)27)20(28)26(17)18(21(29)30)19(11)32-22-23-14-5-4-13(8-15(14)31-22)9-25-7-6-24(3)10-25/h4-8,10-12,16-17,27H,9H2,1-3H3/t11-,12-,16-,17-/m1/s1. The monoisotopic (exact) mass is 470 g/mol. The summed E-state index contributed by atoms with van der Waals surface area (Å²) in [7, 11) is 1.98. The summed E-state index contributed by atoms with van der Waals surface area (Å²) in [5, 5.41) is 21.9. The first kappa shape index (κ1) is 21.2. The minimum Gasteiger partial charge on any atom is -0.543 e. The molecule has 3 aromatic rings. The Hall–Kier alpha value is -2.69. The van der Waals surface area contributed by atoms with Crippen LogP contribution in [-0.2, 0) is 23.2 Å². The van der Waals surface area contributed by atoms with Crippen LogP contribution in [0.1, 0.15) is 19.4 Å². The summed E-state index contributed by atoms with van der Waals surface area (Å²) in [6.45, 7) is 4.20. The number of aliphatic hydroxyl groups excluding tert-OH is 1. The Balaban J connectivity index is 1.43. The van der Waals surface area contributed by atoms with E-state index in [9.17, 15) is 19.8 Å². The molecule has 2 aliphatic rings.